The van der Waals surface area contributed by atoms with Crippen LogP contribution in [-0.4, -0.2) is 25.3 Å². The average molecular weight is 376 g/mol. The SMILES string of the molecule is CC(C)(C)c1ccc(OCC(=O)NN=Cc2ccccc2OC(F)F)cc1. The van der Waals surface area contributed by atoms with E-state index in [9.17, 15) is 13.6 Å². The number of alkyl halides is 2. The maximum Gasteiger partial charge on any atom is 0.387 e. The zero-order valence-electron chi connectivity index (χ0n) is 15.4. The standard InChI is InChI=1S/C20H22F2N2O3/c1-20(2,3)15-8-10-16(11-9-15)26-13-18(25)24-23-12-14-6-4-5-7-17(14)27-19(21)22/h4-12,19H,13H2,1-3H3,(H,24,25). The van der Waals surface area contributed by atoms with Gasteiger partial charge in [-0.1, -0.05) is 45.0 Å². The number of rotatable bonds is 7. The molecule has 0 bridgehead atoms. The molecule has 2 aromatic carbocycles. The van der Waals surface area contributed by atoms with Gasteiger partial charge in [-0.05, 0) is 35.2 Å². The van der Waals surface area contributed by atoms with Crippen LogP contribution in [0.4, 0.5) is 8.78 Å². The third-order valence-corrected chi connectivity index (χ3v) is 3.62. The highest BCUT2D eigenvalue weighted by Gasteiger charge is 2.13. The lowest BCUT2D eigenvalue weighted by Crippen LogP contribution is -2.24. The molecule has 0 heterocycles. The summed E-state index contributed by atoms with van der Waals surface area (Å²) >= 11 is 0. The highest BCUT2D eigenvalue weighted by atomic mass is 19.3. The Balaban J connectivity index is 1.85. The summed E-state index contributed by atoms with van der Waals surface area (Å²) in [7, 11) is 0. The number of nitrogens with zero attached hydrogens (tertiary/aromatic N) is 1. The first-order valence-corrected chi connectivity index (χ1v) is 8.35. The van der Waals surface area contributed by atoms with Crippen LogP contribution in [0, 0.1) is 0 Å². The van der Waals surface area contributed by atoms with Crippen molar-refractivity contribution in [1.82, 2.24) is 5.43 Å². The van der Waals surface area contributed by atoms with Gasteiger partial charge in [-0.2, -0.15) is 13.9 Å². The maximum atomic E-state index is 12.3. The number of amides is 1. The second-order valence-electron chi connectivity index (χ2n) is 6.77. The summed E-state index contributed by atoms with van der Waals surface area (Å²) < 4.78 is 34.5. The van der Waals surface area contributed by atoms with Crippen molar-refractivity contribution in [2.24, 2.45) is 5.10 Å². The highest BCUT2D eigenvalue weighted by Crippen LogP contribution is 2.24. The lowest BCUT2D eigenvalue weighted by Gasteiger charge is -2.19. The van der Waals surface area contributed by atoms with Crippen LogP contribution >= 0.6 is 0 Å². The van der Waals surface area contributed by atoms with Gasteiger partial charge in [0.25, 0.3) is 5.91 Å². The van der Waals surface area contributed by atoms with Crippen LogP contribution in [0.25, 0.3) is 0 Å². The molecule has 0 aliphatic carbocycles. The topological polar surface area (TPSA) is 59.9 Å². The second-order valence-corrected chi connectivity index (χ2v) is 6.77. The Hall–Kier alpha value is -2.96. The second kappa shape index (κ2) is 9.12. The number of halogens is 2. The third kappa shape index (κ3) is 6.69. The van der Waals surface area contributed by atoms with E-state index in [1.807, 2.05) is 12.1 Å². The Morgan fingerprint density at radius 3 is 2.44 bits per heavy atom. The van der Waals surface area contributed by atoms with Crippen LogP contribution in [0.3, 0.4) is 0 Å². The van der Waals surface area contributed by atoms with Crippen molar-refractivity contribution < 1.29 is 23.0 Å². The van der Waals surface area contributed by atoms with Gasteiger partial charge < -0.3 is 9.47 Å². The minimum Gasteiger partial charge on any atom is -0.484 e. The molecule has 0 aromatic heterocycles. The third-order valence-electron chi connectivity index (χ3n) is 3.62. The molecule has 0 saturated heterocycles. The molecule has 0 radical (unpaired) electrons. The van der Waals surface area contributed by atoms with E-state index < -0.39 is 12.5 Å². The molecular formula is C20H22F2N2O3. The first kappa shape index (κ1) is 20.4. The van der Waals surface area contributed by atoms with Gasteiger partial charge in [-0.15, -0.1) is 0 Å². The molecule has 144 valence electrons. The molecular weight excluding hydrogens is 354 g/mol. The molecule has 0 atom stereocenters. The Labute approximate surface area is 157 Å². The minimum absolute atomic E-state index is 0.0271. The summed E-state index contributed by atoms with van der Waals surface area (Å²) in [6, 6.07) is 13.6. The number of carbonyl (C=O) groups excluding carboxylic acids is 1. The monoisotopic (exact) mass is 376 g/mol. The van der Waals surface area contributed by atoms with E-state index in [2.05, 4.69) is 36.0 Å². The normalized spacial score (nSPS) is 11.6. The van der Waals surface area contributed by atoms with E-state index >= 15 is 0 Å². The van der Waals surface area contributed by atoms with Crippen molar-refractivity contribution >= 4 is 12.1 Å². The van der Waals surface area contributed by atoms with Crippen molar-refractivity contribution in [3.8, 4) is 11.5 Å². The summed E-state index contributed by atoms with van der Waals surface area (Å²) in [5, 5.41) is 3.74. The fourth-order valence-electron chi connectivity index (χ4n) is 2.20. The number of benzene rings is 2. The number of para-hydroxylation sites is 1. The first-order valence-electron chi connectivity index (χ1n) is 8.35. The molecule has 1 amide bonds. The molecule has 0 aliphatic heterocycles. The lowest BCUT2D eigenvalue weighted by atomic mass is 9.87. The Morgan fingerprint density at radius 2 is 1.81 bits per heavy atom. The van der Waals surface area contributed by atoms with Gasteiger partial charge in [0.15, 0.2) is 6.61 Å². The number of carbonyl (C=O) groups is 1. The van der Waals surface area contributed by atoms with Crippen LogP contribution in [0.2, 0.25) is 0 Å². The van der Waals surface area contributed by atoms with Crippen molar-refractivity contribution in [2.75, 3.05) is 6.61 Å². The molecule has 0 fully saturated rings. The average Bonchev–Trinajstić information content (AvgIpc) is 2.60. The number of hydrogen-bond acceptors (Lipinski definition) is 4. The van der Waals surface area contributed by atoms with Gasteiger partial charge in [-0.25, -0.2) is 5.43 Å². The summed E-state index contributed by atoms with van der Waals surface area (Å²) in [6.07, 6.45) is 1.23. The zero-order chi connectivity index (χ0) is 19.9. The zero-order valence-corrected chi connectivity index (χ0v) is 15.4. The van der Waals surface area contributed by atoms with Gasteiger partial charge in [0, 0.05) is 5.56 Å². The van der Waals surface area contributed by atoms with Crippen molar-refractivity contribution in [2.45, 2.75) is 32.8 Å². The van der Waals surface area contributed by atoms with Gasteiger partial charge in [-0.3, -0.25) is 4.79 Å². The quantitative estimate of drug-likeness (QED) is 0.584. The summed E-state index contributed by atoms with van der Waals surface area (Å²) in [5.41, 5.74) is 3.79. The fraction of sp³-hybridized carbons (Fsp3) is 0.300. The number of hydrogen-bond donors (Lipinski definition) is 1. The molecule has 2 aromatic rings. The molecule has 0 unspecified atom stereocenters. The van der Waals surface area contributed by atoms with Crippen molar-refractivity contribution in [3.63, 3.8) is 0 Å². The Bertz CT molecular complexity index is 785. The Kier molecular flexibility index (Phi) is 6.87. The summed E-state index contributed by atoms with van der Waals surface area (Å²) in [4.78, 5) is 11.8. The van der Waals surface area contributed by atoms with Crippen LogP contribution in [0.15, 0.2) is 53.6 Å². The minimum atomic E-state index is -2.94. The first-order chi connectivity index (χ1) is 12.8. The van der Waals surface area contributed by atoms with Gasteiger partial charge >= 0.3 is 6.61 Å². The number of hydrazone groups is 1. The Morgan fingerprint density at radius 1 is 1.15 bits per heavy atom. The smallest absolute Gasteiger partial charge is 0.387 e. The van der Waals surface area contributed by atoms with Crippen molar-refractivity contribution in [1.29, 1.82) is 0 Å². The molecule has 7 heteroatoms. The van der Waals surface area contributed by atoms with E-state index in [1.165, 1.54) is 12.3 Å². The van der Waals surface area contributed by atoms with E-state index in [0.717, 1.165) is 5.56 Å². The fourth-order valence-corrected chi connectivity index (χ4v) is 2.20. The summed E-state index contributed by atoms with van der Waals surface area (Å²) in [5.74, 6) is 0.0666. The van der Waals surface area contributed by atoms with E-state index in [4.69, 9.17) is 4.74 Å². The van der Waals surface area contributed by atoms with Crippen LogP contribution in [-0.2, 0) is 10.2 Å². The molecule has 0 saturated carbocycles. The molecule has 0 aliphatic rings. The lowest BCUT2D eigenvalue weighted by molar-refractivity contribution is -0.123. The molecule has 2 rings (SSSR count). The predicted octanol–water partition coefficient (Wildman–Crippen LogP) is 4.11. The molecule has 1 N–H and O–H groups in total. The highest BCUT2D eigenvalue weighted by molar-refractivity contribution is 5.85. The summed E-state index contributed by atoms with van der Waals surface area (Å²) in [6.45, 7) is 3.17. The van der Waals surface area contributed by atoms with E-state index in [1.54, 1.807) is 30.3 Å². The predicted molar refractivity (Wildman–Crippen MR) is 99.4 cm³/mol. The number of nitrogens with one attached hydrogen (secondary N) is 1. The molecule has 5 nitrogen and oxygen atoms in total. The number of ether oxygens (including phenoxy) is 2. The van der Waals surface area contributed by atoms with Crippen LogP contribution in [0.5, 0.6) is 11.5 Å². The van der Waals surface area contributed by atoms with Gasteiger partial charge in [0.05, 0.1) is 6.21 Å². The molecule has 0 spiro atoms. The van der Waals surface area contributed by atoms with Gasteiger partial charge in [0.2, 0.25) is 0 Å². The van der Waals surface area contributed by atoms with Gasteiger partial charge in [0.1, 0.15) is 11.5 Å². The van der Waals surface area contributed by atoms with E-state index in [0.29, 0.717) is 11.3 Å². The maximum absolute atomic E-state index is 12.3. The largest absolute Gasteiger partial charge is 0.484 e. The molecule has 27 heavy (non-hydrogen) atoms. The van der Waals surface area contributed by atoms with Crippen LogP contribution < -0.4 is 14.9 Å². The van der Waals surface area contributed by atoms with Crippen molar-refractivity contribution in [3.05, 3.63) is 59.7 Å². The van der Waals surface area contributed by atoms with E-state index in [-0.39, 0.29) is 17.8 Å². The van der Waals surface area contributed by atoms with Crippen LogP contribution in [0.1, 0.15) is 31.9 Å².